The molecule has 0 aliphatic rings. The zero-order valence-electron chi connectivity index (χ0n) is 17.8. The van der Waals surface area contributed by atoms with Gasteiger partial charge < -0.3 is 9.45 Å². The maximum Gasteiger partial charge on any atom is 0.253 e. The van der Waals surface area contributed by atoms with Crippen LogP contribution in [0.3, 0.4) is 0 Å². The Morgan fingerprint density at radius 2 is 1.44 bits per heavy atom. The third-order valence-corrected chi connectivity index (χ3v) is 5.79. The fraction of sp³-hybridized carbons (Fsp3) is 0.208. The van der Waals surface area contributed by atoms with E-state index in [1.165, 1.54) is 24.3 Å². The maximum atomic E-state index is 14.2. The molecule has 0 aliphatic heterocycles. The van der Waals surface area contributed by atoms with Gasteiger partial charge in [0, 0.05) is 35.6 Å². The van der Waals surface area contributed by atoms with Gasteiger partial charge in [0.25, 0.3) is 5.91 Å². The fourth-order valence-corrected chi connectivity index (χ4v) is 3.97. The summed E-state index contributed by atoms with van der Waals surface area (Å²) in [5.41, 5.74) is 2.49. The van der Waals surface area contributed by atoms with Crippen LogP contribution in [0.25, 0.3) is 11.1 Å². The Morgan fingerprint density at radius 3 is 1.97 bits per heavy atom. The predicted molar refractivity (Wildman–Crippen MR) is 121 cm³/mol. The summed E-state index contributed by atoms with van der Waals surface area (Å²) in [6, 6.07) is 16.5. The Labute approximate surface area is 188 Å². The smallest absolute Gasteiger partial charge is 0.253 e. The van der Waals surface area contributed by atoms with Crippen molar-refractivity contribution < 1.29 is 22.3 Å². The van der Waals surface area contributed by atoms with Gasteiger partial charge in [-0.2, -0.15) is 0 Å². The molecule has 3 aromatic carbocycles. The number of hydrogen-bond acceptors (Lipinski definition) is 3. The SMILES string of the molecule is CCN(CC)C(=O)c1cc(F)cc(CN(c2ccc(-c3ccc(F)cc3)cc2)S(=O)[O-])c1. The Hall–Kier alpha value is -3.10. The van der Waals surface area contributed by atoms with Crippen LogP contribution in [0, 0.1) is 11.6 Å². The molecule has 3 rings (SSSR count). The number of benzene rings is 3. The molecule has 1 amide bonds. The van der Waals surface area contributed by atoms with E-state index in [0.717, 1.165) is 21.5 Å². The van der Waals surface area contributed by atoms with E-state index in [9.17, 15) is 22.3 Å². The van der Waals surface area contributed by atoms with Crippen LogP contribution in [0.2, 0.25) is 0 Å². The topological polar surface area (TPSA) is 63.7 Å². The summed E-state index contributed by atoms with van der Waals surface area (Å²) < 4.78 is 52.3. The molecular formula is C24H23F2N2O3S-. The van der Waals surface area contributed by atoms with Crippen LogP contribution < -0.4 is 4.31 Å². The molecule has 0 saturated carbocycles. The Bertz CT molecular complexity index is 1100. The van der Waals surface area contributed by atoms with Crippen LogP contribution in [0.5, 0.6) is 0 Å². The minimum absolute atomic E-state index is 0.137. The van der Waals surface area contributed by atoms with Gasteiger partial charge in [-0.3, -0.25) is 13.3 Å². The zero-order chi connectivity index (χ0) is 23.3. The Balaban J connectivity index is 1.86. The van der Waals surface area contributed by atoms with Crippen LogP contribution in [-0.4, -0.2) is 32.7 Å². The van der Waals surface area contributed by atoms with E-state index in [1.807, 2.05) is 13.8 Å². The van der Waals surface area contributed by atoms with Gasteiger partial charge in [-0.05, 0) is 73.0 Å². The van der Waals surface area contributed by atoms with Gasteiger partial charge in [0.05, 0.1) is 6.54 Å². The van der Waals surface area contributed by atoms with E-state index in [1.54, 1.807) is 41.3 Å². The first-order valence-electron chi connectivity index (χ1n) is 10.1. The summed E-state index contributed by atoms with van der Waals surface area (Å²) in [4.78, 5) is 14.2. The molecule has 8 heteroatoms. The summed E-state index contributed by atoms with van der Waals surface area (Å²) in [6.07, 6.45) is 0. The first-order valence-corrected chi connectivity index (χ1v) is 11.2. The molecule has 5 nitrogen and oxygen atoms in total. The number of carbonyl (C=O) groups is 1. The van der Waals surface area contributed by atoms with Crippen LogP contribution >= 0.6 is 0 Å². The molecule has 0 spiro atoms. The number of amides is 1. The third kappa shape index (κ3) is 5.57. The summed E-state index contributed by atoms with van der Waals surface area (Å²) >= 11 is -2.63. The van der Waals surface area contributed by atoms with Crippen molar-refractivity contribution in [2.45, 2.75) is 20.4 Å². The summed E-state index contributed by atoms with van der Waals surface area (Å²) in [5.74, 6) is -1.26. The molecule has 3 aromatic rings. The van der Waals surface area contributed by atoms with E-state index in [-0.39, 0.29) is 23.8 Å². The van der Waals surface area contributed by atoms with Gasteiger partial charge in [-0.25, -0.2) is 8.78 Å². The Kier molecular flexibility index (Phi) is 7.71. The van der Waals surface area contributed by atoms with Crippen molar-refractivity contribution >= 4 is 22.9 Å². The first-order chi connectivity index (χ1) is 15.3. The average molecular weight is 458 g/mol. The van der Waals surface area contributed by atoms with Crippen molar-refractivity contribution in [1.82, 2.24) is 4.90 Å². The van der Waals surface area contributed by atoms with Gasteiger partial charge in [0.2, 0.25) is 0 Å². The van der Waals surface area contributed by atoms with E-state index in [4.69, 9.17) is 0 Å². The largest absolute Gasteiger partial charge is 0.755 e. The van der Waals surface area contributed by atoms with Crippen molar-refractivity contribution in [1.29, 1.82) is 0 Å². The highest BCUT2D eigenvalue weighted by Gasteiger charge is 2.16. The molecule has 1 atom stereocenters. The van der Waals surface area contributed by atoms with E-state index in [0.29, 0.717) is 24.3 Å². The van der Waals surface area contributed by atoms with Crippen molar-refractivity contribution in [3.05, 3.63) is 89.5 Å². The third-order valence-electron chi connectivity index (χ3n) is 5.09. The average Bonchev–Trinajstić information content (AvgIpc) is 2.78. The van der Waals surface area contributed by atoms with Crippen molar-refractivity contribution in [3.8, 4) is 11.1 Å². The number of anilines is 1. The lowest BCUT2D eigenvalue weighted by Crippen LogP contribution is -2.31. The zero-order valence-corrected chi connectivity index (χ0v) is 18.6. The highest BCUT2D eigenvalue weighted by molar-refractivity contribution is 7.80. The molecule has 0 aromatic heterocycles. The van der Waals surface area contributed by atoms with Gasteiger partial charge >= 0.3 is 0 Å². The summed E-state index contributed by atoms with van der Waals surface area (Å²) in [5, 5.41) is 0. The van der Waals surface area contributed by atoms with Gasteiger partial charge in [-0.15, -0.1) is 0 Å². The second kappa shape index (κ2) is 10.5. The number of carbonyl (C=O) groups excluding carboxylic acids is 1. The van der Waals surface area contributed by atoms with Crippen LogP contribution in [0.1, 0.15) is 29.8 Å². The molecule has 1 unspecified atom stereocenters. The lowest BCUT2D eigenvalue weighted by Gasteiger charge is -2.27. The number of nitrogens with zero attached hydrogens (tertiary/aromatic N) is 2. The van der Waals surface area contributed by atoms with Gasteiger partial charge in [0.15, 0.2) is 0 Å². The summed E-state index contributed by atoms with van der Waals surface area (Å²) in [6.45, 7) is 4.50. The minimum Gasteiger partial charge on any atom is -0.755 e. The molecular weight excluding hydrogens is 434 g/mol. The van der Waals surface area contributed by atoms with E-state index >= 15 is 0 Å². The molecule has 32 heavy (non-hydrogen) atoms. The second-order valence-corrected chi connectivity index (χ2v) is 8.01. The number of rotatable bonds is 8. The summed E-state index contributed by atoms with van der Waals surface area (Å²) in [7, 11) is 0. The van der Waals surface area contributed by atoms with Crippen molar-refractivity contribution in [3.63, 3.8) is 0 Å². The predicted octanol–water partition coefficient (Wildman–Crippen LogP) is 4.91. The molecule has 0 radical (unpaired) electrons. The first kappa shape index (κ1) is 23.6. The molecule has 0 saturated heterocycles. The van der Waals surface area contributed by atoms with Crippen molar-refractivity contribution in [2.24, 2.45) is 0 Å². The second-order valence-electron chi connectivity index (χ2n) is 7.13. The fourth-order valence-electron chi connectivity index (χ4n) is 3.42. The quantitative estimate of drug-likeness (QED) is 0.451. The monoisotopic (exact) mass is 457 g/mol. The van der Waals surface area contributed by atoms with Gasteiger partial charge in [0.1, 0.15) is 11.6 Å². The highest BCUT2D eigenvalue weighted by atomic mass is 32.2. The molecule has 0 bridgehead atoms. The minimum atomic E-state index is -2.63. The van der Waals surface area contributed by atoms with Crippen LogP contribution in [-0.2, 0) is 17.8 Å². The van der Waals surface area contributed by atoms with Crippen LogP contribution in [0.4, 0.5) is 14.5 Å². The molecule has 0 heterocycles. The lowest BCUT2D eigenvalue weighted by molar-refractivity contribution is 0.0772. The normalized spacial score (nSPS) is 11.8. The number of halogens is 2. The van der Waals surface area contributed by atoms with Gasteiger partial charge in [-0.1, -0.05) is 24.3 Å². The lowest BCUT2D eigenvalue weighted by atomic mass is 10.1. The molecule has 0 N–H and O–H groups in total. The van der Waals surface area contributed by atoms with Crippen LogP contribution in [0.15, 0.2) is 66.7 Å². The standard InChI is InChI=1S/C24H24F2N2O3S/c1-3-27(4-2)24(29)20-13-17(14-22(26)15-20)16-28(32(30)31)23-11-7-19(8-12-23)18-5-9-21(25)10-6-18/h5-15H,3-4,16H2,1-2H3,(H,30,31)/p-1. The highest BCUT2D eigenvalue weighted by Crippen LogP contribution is 2.26. The maximum absolute atomic E-state index is 14.2. The van der Waals surface area contributed by atoms with Crippen molar-refractivity contribution in [2.75, 3.05) is 17.4 Å². The molecule has 0 fully saturated rings. The molecule has 168 valence electrons. The Morgan fingerprint density at radius 1 is 0.875 bits per heavy atom. The number of hydrogen-bond donors (Lipinski definition) is 0. The van der Waals surface area contributed by atoms with E-state index < -0.39 is 17.1 Å². The van der Waals surface area contributed by atoms with E-state index in [2.05, 4.69) is 0 Å². The molecule has 0 aliphatic carbocycles.